The highest BCUT2D eigenvalue weighted by Crippen LogP contribution is 2.48. The maximum Gasteiger partial charge on any atom is 0.0698 e. The van der Waals surface area contributed by atoms with Crippen molar-refractivity contribution in [2.24, 2.45) is 0 Å². The normalized spacial score (nSPS) is 10.7. The highest BCUT2D eigenvalue weighted by atomic mass is 15.2. The topological polar surface area (TPSA) is 25.9 Å². The van der Waals surface area contributed by atoms with E-state index >= 15 is 0 Å². The molecular formula is C122H108N8. The lowest BCUT2D eigenvalue weighted by atomic mass is 9.87. The van der Waals surface area contributed by atoms with Gasteiger partial charge in [-0.15, -0.1) is 0 Å². The molecule has 0 fully saturated rings. The van der Waals surface area contributed by atoms with E-state index in [-0.39, 0.29) is 5.41 Å². The average Bonchev–Trinajstić information content (AvgIpc) is 0.798. The van der Waals surface area contributed by atoms with Gasteiger partial charge in [-0.25, -0.2) is 0 Å². The Bertz CT molecular complexity index is 6520. The van der Waals surface area contributed by atoms with Crippen LogP contribution in [-0.4, -0.2) is 28.2 Å². The van der Waals surface area contributed by atoms with E-state index in [0.29, 0.717) is 0 Å². The van der Waals surface area contributed by atoms with Gasteiger partial charge >= 0.3 is 0 Å². The van der Waals surface area contributed by atoms with Crippen LogP contribution in [0, 0.1) is 0 Å². The van der Waals surface area contributed by atoms with Crippen LogP contribution in [0.3, 0.4) is 0 Å². The highest BCUT2D eigenvalue weighted by Gasteiger charge is 2.25. The molecule has 19 aromatic rings. The number of anilines is 20. The van der Waals surface area contributed by atoms with Gasteiger partial charge in [0, 0.05) is 102 Å². The summed E-state index contributed by atoms with van der Waals surface area (Å²) in [7, 11) is 8.55. The third-order valence-electron chi connectivity index (χ3n) is 23.2. The Morgan fingerprint density at radius 3 is 0.631 bits per heavy atom. The smallest absolute Gasteiger partial charge is 0.0698 e. The molecule has 0 aliphatic carbocycles. The van der Waals surface area contributed by atoms with Gasteiger partial charge in [0.05, 0.1) is 45.5 Å². The average molecular weight is 1690 g/mol. The number of nitrogens with zero attached hydrogens (tertiary/aromatic N) is 8. The fourth-order valence-corrected chi connectivity index (χ4v) is 16.5. The molecule has 0 spiro atoms. The van der Waals surface area contributed by atoms with Crippen LogP contribution in [-0.2, 0) is 5.41 Å². The Balaban J connectivity index is 0.000000127. The maximum absolute atomic E-state index is 2.32. The molecule has 130 heavy (non-hydrogen) atoms. The zero-order valence-corrected chi connectivity index (χ0v) is 74.8. The molecule has 0 heterocycles. The number of hydrogen-bond acceptors (Lipinski definition) is 8. The minimum absolute atomic E-state index is 0.145. The predicted molar refractivity (Wildman–Crippen MR) is 558 cm³/mol. The van der Waals surface area contributed by atoms with E-state index in [0.717, 1.165) is 108 Å². The van der Waals surface area contributed by atoms with Crippen molar-refractivity contribution in [2.45, 2.75) is 26.2 Å². The van der Waals surface area contributed by atoms with Crippen LogP contribution >= 0.6 is 0 Å². The van der Waals surface area contributed by atoms with Gasteiger partial charge in [0.15, 0.2) is 0 Å². The highest BCUT2D eigenvalue weighted by molar-refractivity contribution is 5.94. The molecule has 8 nitrogen and oxygen atoms in total. The second-order valence-corrected chi connectivity index (χ2v) is 32.7. The summed E-state index contributed by atoms with van der Waals surface area (Å²) in [6.45, 7) is 6.75. The van der Waals surface area contributed by atoms with Gasteiger partial charge in [0.25, 0.3) is 0 Å². The van der Waals surface area contributed by atoms with Crippen molar-refractivity contribution in [1.29, 1.82) is 0 Å². The van der Waals surface area contributed by atoms with Gasteiger partial charge in [0.1, 0.15) is 0 Å². The number of para-hydroxylation sites is 17. The number of benzene rings is 19. The summed E-state index contributed by atoms with van der Waals surface area (Å²) < 4.78 is 0. The molecule has 0 amide bonds. The quantitative estimate of drug-likeness (QED) is 0.0625. The molecule has 0 unspecified atom stereocenters. The minimum Gasteiger partial charge on any atom is -0.343 e. The SMILES string of the molecule is CN(c1ccc(-c2ccccc2)cc1)c1ccccc1N(c1ccccc1)c1ccccc1.CN(c1ccc(C(C)(C)C)cc1)c1ccccc1N(c1ccccc1)c1ccccc1.CN(c1cccc(-c2ccccc2)c1)c1ccccc1N(c1ccccc1)c1ccccc1.CN(c1ccccc1-c1ccccc1)c1ccccc1N(c1ccccc1)c1ccccc1. The van der Waals surface area contributed by atoms with Crippen molar-refractivity contribution in [1.82, 2.24) is 0 Å². The van der Waals surface area contributed by atoms with E-state index in [2.05, 4.69) is 610 Å². The Morgan fingerprint density at radius 2 is 0.338 bits per heavy atom. The van der Waals surface area contributed by atoms with E-state index in [4.69, 9.17) is 0 Å². The summed E-state index contributed by atoms with van der Waals surface area (Å²) in [5, 5.41) is 0. The molecule has 0 bridgehead atoms. The lowest BCUT2D eigenvalue weighted by Gasteiger charge is -2.31. The fourth-order valence-electron chi connectivity index (χ4n) is 16.5. The van der Waals surface area contributed by atoms with Crippen LogP contribution < -0.4 is 39.2 Å². The minimum atomic E-state index is 0.145. The Labute approximate surface area is 768 Å². The number of hydrogen-bond donors (Lipinski definition) is 0. The largest absolute Gasteiger partial charge is 0.343 e. The summed E-state index contributed by atoms with van der Waals surface area (Å²) in [4.78, 5) is 18.3. The lowest BCUT2D eigenvalue weighted by Crippen LogP contribution is -2.17. The molecule has 636 valence electrons. The molecule has 19 aromatic carbocycles. The molecule has 0 aliphatic heterocycles. The first-order valence-electron chi connectivity index (χ1n) is 44.4. The first-order chi connectivity index (χ1) is 63.9. The molecule has 0 N–H and O–H groups in total. The summed E-state index contributed by atoms with van der Waals surface area (Å²) >= 11 is 0. The zero-order chi connectivity index (χ0) is 89.2. The van der Waals surface area contributed by atoms with Gasteiger partial charge in [-0.1, -0.05) is 360 Å². The zero-order valence-electron chi connectivity index (χ0n) is 74.8. The van der Waals surface area contributed by atoms with Crippen molar-refractivity contribution < 1.29 is 0 Å². The van der Waals surface area contributed by atoms with E-state index in [9.17, 15) is 0 Å². The van der Waals surface area contributed by atoms with Crippen molar-refractivity contribution in [2.75, 3.05) is 67.4 Å². The number of rotatable bonds is 23. The van der Waals surface area contributed by atoms with Crippen molar-refractivity contribution in [3.8, 4) is 33.4 Å². The summed E-state index contributed by atoms with van der Waals surface area (Å²) in [6, 6.07) is 185. The van der Waals surface area contributed by atoms with Gasteiger partial charge in [-0.05, 0) is 227 Å². The van der Waals surface area contributed by atoms with E-state index in [1.165, 1.54) is 44.6 Å². The summed E-state index contributed by atoms with van der Waals surface area (Å²) in [5.74, 6) is 0. The van der Waals surface area contributed by atoms with E-state index in [1.54, 1.807) is 0 Å². The fraction of sp³-hybridized carbons (Fsp3) is 0.0656. The maximum atomic E-state index is 2.32. The van der Waals surface area contributed by atoms with Crippen LogP contribution in [0.2, 0.25) is 0 Å². The van der Waals surface area contributed by atoms with Crippen LogP contribution in [0.1, 0.15) is 26.3 Å². The second-order valence-electron chi connectivity index (χ2n) is 32.7. The Morgan fingerprint density at radius 1 is 0.138 bits per heavy atom. The Kier molecular flexibility index (Phi) is 28.5. The Hall–Kier alpha value is -16.4. The molecule has 0 aromatic heterocycles. The molecule has 0 saturated carbocycles. The van der Waals surface area contributed by atoms with Gasteiger partial charge in [-0.3, -0.25) is 0 Å². The molecule has 0 saturated heterocycles. The first-order valence-corrected chi connectivity index (χ1v) is 44.4. The van der Waals surface area contributed by atoms with Crippen LogP contribution in [0.25, 0.3) is 33.4 Å². The molecular weight excluding hydrogens is 1580 g/mol. The summed E-state index contributed by atoms with van der Waals surface area (Å²) in [6.07, 6.45) is 0. The van der Waals surface area contributed by atoms with Crippen LogP contribution in [0.4, 0.5) is 114 Å². The molecule has 0 aliphatic rings. The van der Waals surface area contributed by atoms with E-state index in [1.807, 2.05) is 6.07 Å². The van der Waals surface area contributed by atoms with Gasteiger partial charge < -0.3 is 39.2 Å². The molecule has 0 atom stereocenters. The van der Waals surface area contributed by atoms with Crippen molar-refractivity contribution in [3.05, 3.63) is 533 Å². The first kappa shape index (κ1) is 87.1. The predicted octanol–water partition coefficient (Wildman–Crippen LogP) is 34.0. The van der Waals surface area contributed by atoms with Gasteiger partial charge in [0.2, 0.25) is 0 Å². The molecule has 8 heteroatoms. The third kappa shape index (κ3) is 21.1. The third-order valence-corrected chi connectivity index (χ3v) is 23.2. The molecule has 0 radical (unpaired) electrons. The lowest BCUT2D eigenvalue weighted by molar-refractivity contribution is 0.590. The second kappa shape index (κ2) is 42.5. The van der Waals surface area contributed by atoms with Crippen LogP contribution in [0.15, 0.2) is 528 Å². The standard InChI is InChI=1S/3C31H26N2.C29H30N2/c1-32(29-22-12-11-21-28(29)25-15-5-2-6-16-25)30-23-13-14-24-31(30)33(26-17-7-3-8-18-26)27-19-9-4-10-20-27;1-32(29-21-13-16-26(24-29)25-14-5-2-6-15-25)30-22-11-12-23-31(30)33(27-17-7-3-8-18-27)28-19-9-4-10-20-28;1-32(27-23-21-26(22-24-27)25-13-5-2-6-14-25)30-19-11-12-20-31(30)33(28-15-7-3-8-16-28)29-17-9-4-10-18-29;1-29(2,3)23-19-21-24(22-20-23)30(4)27-17-11-12-18-28(27)31(25-13-7-5-8-14-25)26-15-9-6-10-16-26/h3*2-24H,1H3;5-22H,1-4H3. The van der Waals surface area contributed by atoms with Crippen LogP contribution in [0.5, 0.6) is 0 Å². The van der Waals surface area contributed by atoms with Gasteiger partial charge in [-0.2, -0.15) is 0 Å². The van der Waals surface area contributed by atoms with Crippen molar-refractivity contribution in [3.63, 3.8) is 0 Å². The molecule has 19 rings (SSSR count). The summed E-state index contributed by atoms with van der Waals surface area (Å²) in [5.41, 5.74) is 31.5. The van der Waals surface area contributed by atoms with E-state index < -0.39 is 0 Å². The monoisotopic (exact) mass is 1680 g/mol. The van der Waals surface area contributed by atoms with Crippen molar-refractivity contribution >= 4 is 114 Å².